The first-order valence-electron chi connectivity index (χ1n) is 8.07. The van der Waals surface area contributed by atoms with E-state index in [2.05, 4.69) is 62.8 Å². The second kappa shape index (κ2) is 6.24. The molecule has 4 nitrogen and oxygen atoms in total. The molecule has 2 heterocycles. The first-order chi connectivity index (χ1) is 11.8. The van der Waals surface area contributed by atoms with E-state index in [0.717, 1.165) is 23.4 Å². The lowest BCUT2D eigenvalue weighted by molar-refractivity contribution is 0.810. The van der Waals surface area contributed by atoms with E-state index in [1.165, 1.54) is 11.1 Å². The molecule has 24 heavy (non-hydrogen) atoms. The standard InChI is InChI=1S/C20H18N4/c1-15(17-10-6-3-7-11-17)18-19-20(22-13-21-18)24(14-23-19)12-16-8-4-2-5-9-16/h2-11,13-15H,12H2,1H3. The predicted molar refractivity (Wildman–Crippen MR) is 94.8 cm³/mol. The molecule has 118 valence electrons. The van der Waals surface area contributed by atoms with Gasteiger partial charge in [0.1, 0.15) is 11.8 Å². The Kier molecular flexibility index (Phi) is 3.79. The Morgan fingerprint density at radius 2 is 1.58 bits per heavy atom. The monoisotopic (exact) mass is 314 g/mol. The van der Waals surface area contributed by atoms with Crippen molar-refractivity contribution < 1.29 is 0 Å². The molecule has 2 aromatic heterocycles. The fraction of sp³-hybridized carbons (Fsp3) is 0.150. The Bertz CT molecular complexity index is 945. The third-order valence-electron chi connectivity index (χ3n) is 4.34. The Morgan fingerprint density at radius 3 is 2.33 bits per heavy atom. The number of hydrogen-bond donors (Lipinski definition) is 0. The number of nitrogens with zero attached hydrogens (tertiary/aromatic N) is 4. The molecule has 0 N–H and O–H groups in total. The third-order valence-corrected chi connectivity index (χ3v) is 4.34. The largest absolute Gasteiger partial charge is 0.311 e. The molecule has 0 amide bonds. The van der Waals surface area contributed by atoms with E-state index in [0.29, 0.717) is 0 Å². The number of aromatic nitrogens is 4. The minimum absolute atomic E-state index is 0.178. The fourth-order valence-corrected chi connectivity index (χ4v) is 3.01. The topological polar surface area (TPSA) is 43.6 Å². The second-order valence-electron chi connectivity index (χ2n) is 5.92. The molecule has 0 radical (unpaired) electrons. The molecule has 2 aromatic carbocycles. The number of imidazole rings is 1. The predicted octanol–water partition coefficient (Wildman–Crippen LogP) is 4.03. The summed E-state index contributed by atoms with van der Waals surface area (Å²) in [5, 5.41) is 0. The lowest BCUT2D eigenvalue weighted by atomic mass is 9.97. The molecular weight excluding hydrogens is 296 g/mol. The zero-order valence-corrected chi connectivity index (χ0v) is 13.5. The van der Waals surface area contributed by atoms with Gasteiger partial charge in [0.2, 0.25) is 0 Å². The quantitative estimate of drug-likeness (QED) is 0.571. The van der Waals surface area contributed by atoms with Gasteiger partial charge in [-0.3, -0.25) is 0 Å². The van der Waals surface area contributed by atoms with Crippen molar-refractivity contribution in [3.05, 3.63) is 90.1 Å². The van der Waals surface area contributed by atoms with E-state index >= 15 is 0 Å². The highest BCUT2D eigenvalue weighted by Gasteiger charge is 2.17. The van der Waals surface area contributed by atoms with Crippen LogP contribution < -0.4 is 0 Å². The van der Waals surface area contributed by atoms with Crippen LogP contribution in [0.5, 0.6) is 0 Å². The van der Waals surface area contributed by atoms with Crippen molar-refractivity contribution in [2.45, 2.75) is 19.4 Å². The van der Waals surface area contributed by atoms with Crippen molar-refractivity contribution in [1.29, 1.82) is 0 Å². The maximum Gasteiger partial charge on any atom is 0.163 e. The van der Waals surface area contributed by atoms with E-state index in [1.54, 1.807) is 6.33 Å². The lowest BCUT2D eigenvalue weighted by Crippen LogP contribution is -2.03. The molecule has 0 saturated heterocycles. The van der Waals surface area contributed by atoms with Gasteiger partial charge in [-0.1, -0.05) is 67.6 Å². The first-order valence-corrected chi connectivity index (χ1v) is 8.07. The molecule has 0 saturated carbocycles. The van der Waals surface area contributed by atoms with Crippen molar-refractivity contribution in [3.8, 4) is 0 Å². The lowest BCUT2D eigenvalue weighted by Gasteiger charge is -2.11. The summed E-state index contributed by atoms with van der Waals surface area (Å²) in [5.41, 5.74) is 5.19. The van der Waals surface area contributed by atoms with Crippen molar-refractivity contribution in [1.82, 2.24) is 19.5 Å². The van der Waals surface area contributed by atoms with E-state index in [-0.39, 0.29) is 5.92 Å². The summed E-state index contributed by atoms with van der Waals surface area (Å²) < 4.78 is 2.08. The van der Waals surface area contributed by atoms with Gasteiger partial charge in [-0.15, -0.1) is 0 Å². The molecule has 4 rings (SSSR count). The van der Waals surface area contributed by atoms with E-state index in [1.807, 2.05) is 30.6 Å². The Hall–Kier alpha value is -3.01. The minimum Gasteiger partial charge on any atom is -0.311 e. The van der Waals surface area contributed by atoms with Crippen molar-refractivity contribution in [2.75, 3.05) is 0 Å². The van der Waals surface area contributed by atoms with Crippen LogP contribution in [0.4, 0.5) is 0 Å². The highest BCUT2D eigenvalue weighted by Crippen LogP contribution is 2.27. The number of hydrogen-bond acceptors (Lipinski definition) is 3. The molecule has 1 unspecified atom stereocenters. The number of fused-ring (bicyclic) bond motifs is 1. The minimum atomic E-state index is 0.178. The second-order valence-corrected chi connectivity index (χ2v) is 5.92. The van der Waals surface area contributed by atoms with Crippen molar-refractivity contribution in [2.24, 2.45) is 0 Å². The zero-order valence-electron chi connectivity index (χ0n) is 13.5. The van der Waals surface area contributed by atoms with E-state index < -0.39 is 0 Å². The molecule has 0 aliphatic carbocycles. The van der Waals surface area contributed by atoms with Crippen LogP contribution in [0.15, 0.2) is 73.3 Å². The maximum absolute atomic E-state index is 4.60. The summed E-state index contributed by atoms with van der Waals surface area (Å²) in [4.78, 5) is 13.6. The Balaban J connectivity index is 1.74. The number of rotatable bonds is 4. The van der Waals surface area contributed by atoms with Gasteiger partial charge in [0.15, 0.2) is 5.65 Å². The molecular formula is C20H18N4. The van der Waals surface area contributed by atoms with Gasteiger partial charge < -0.3 is 4.57 Å². The van der Waals surface area contributed by atoms with E-state index in [4.69, 9.17) is 0 Å². The van der Waals surface area contributed by atoms with Gasteiger partial charge in [-0.2, -0.15) is 0 Å². The molecule has 0 aliphatic heterocycles. The molecule has 0 fully saturated rings. The molecule has 0 bridgehead atoms. The van der Waals surface area contributed by atoms with Gasteiger partial charge >= 0.3 is 0 Å². The zero-order chi connectivity index (χ0) is 16.4. The molecule has 4 heteroatoms. The van der Waals surface area contributed by atoms with E-state index in [9.17, 15) is 0 Å². The molecule has 1 atom stereocenters. The van der Waals surface area contributed by atoms with Crippen LogP contribution in [0.1, 0.15) is 29.7 Å². The average molecular weight is 314 g/mol. The van der Waals surface area contributed by atoms with Crippen molar-refractivity contribution >= 4 is 11.2 Å². The van der Waals surface area contributed by atoms with Crippen LogP contribution in [0.25, 0.3) is 11.2 Å². The van der Waals surface area contributed by atoms with Gasteiger partial charge in [0.05, 0.1) is 18.6 Å². The fourth-order valence-electron chi connectivity index (χ4n) is 3.01. The molecule has 0 spiro atoms. The average Bonchev–Trinajstić information content (AvgIpc) is 3.06. The Morgan fingerprint density at radius 1 is 0.875 bits per heavy atom. The summed E-state index contributed by atoms with van der Waals surface area (Å²) in [5.74, 6) is 0.178. The summed E-state index contributed by atoms with van der Waals surface area (Å²) in [6.07, 6.45) is 3.49. The summed E-state index contributed by atoms with van der Waals surface area (Å²) in [6, 6.07) is 20.7. The summed E-state index contributed by atoms with van der Waals surface area (Å²) in [7, 11) is 0. The number of benzene rings is 2. The smallest absolute Gasteiger partial charge is 0.163 e. The molecule has 4 aromatic rings. The van der Waals surface area contributed by atoms with Gasteiger partial charge in [-0.05, 0) is 11.1 Å². The summed E-state index contributed by atoms with van der Waals surface area (Å²) in [6.45, 7) is 2.92. The van der Waals surface area contributed by atoms with Crippen LogP contribution in [-0.2, 0) is 6.54 Å². The highest BCUT2D eigenvalue weighted by atomic mass is 15.1. The first kappa shape index (κ1) is 14.6. The Labute approximate surface area is 140 Å². The van der Waals surface area contributed by atoms with Crippen molar-refractivity contribution in [3.63, 3.8) is 0 Å². The summed E-state index contributed by atoms with van der Waals surface area (Å²) >= 11 is 0. The normalized spacial score (nSPS) is 12.4. The van der Waals surface area contributed by atoms with Gasteiger partial charge in [0, 0.05) is 5.92 Å². The van der Waals surface area contributed by atoms with Gasteiger partial charge in [0.25, 0.3) is 0 Å². The van der Waals surface area contributed by atoms with Crippen LogP contribution in [0.2, 0.25) is 0 Å². The van der Waals surface area contributed by atoms with Crippen LogP contribution >= 0.6 is 0 Å². The third kappa shape index (κ3) is 2.67. The van der Waals surface area contributed by atoms with Crippen LogP contribution in [-0.4, -0.2) is 19.5 Å². The highest BCUT2D eigenvalue weighted by molar-refractivity contribution is 5.74. The van der Waals surface area contributed by atoms with Crippen LogP contribution in [0.3, 0.4) is 0 Å². The van der Waals surface area contributed by atoms with Gasteiger partial charge in [-0.25, -0.2) is 15.0 Å². The SMILES string of the molecule is CC(c1ccccc1)c1ncnc2c1ncn2Cc1ccccc1. The van der Waals surface area contributed by atoms with Crippen LogP contribution in [0, 0.1) is 0 Å². The molecule has 0 aliphatic rings. The maximum atomic E-state index is 4.60.